The molecular weight excluding hydrogens is 520 g/mol. The monoisotopic (exact) mass is 554 g/mol. The zero-order valence-electron chi connectivity index (χ0n) is 22.6. The first-order valence-corrected chi connectivity index (χ1v) is 14.6. The molecule has 0 radical (unpaired) electrons. The fraction of sp³-hybridized carbons (Fsp3) is 0.333. The Morgan fingerprint density at radius 2 is 1.70 bits per heavy atom. The van der Waals surface area contributed by atoms with Crippen molar-refractivity contribution in [1.29, 1.82) is 0 Å². The largest absolute Gasteiger partial charge is 0.361 e. The SMILES string of the molecule is O=C1N[C@@H](Cc2c[nH]c3ccccc23)C(=O)N1CC(CCN1CCC(c2ccccc2)CC1)c1cccc(Cl)c1. The number of carbonyl (C=O) groups excluding carboxylic acids is 2. The van der Waals surface area contributed by atoms with Gasteiger partial charge in [0, 0.05) is 41.0 Å². The third kappa shape index (κ3) is 5.79. The summed E-state index contributed by atoms with van der Waals surface area (Å²) in [6, 6.07) is 25.8. The lowest BCUT2D eigenvalue weighted by molar-refractivity contribution is -0.127. The lowest BCUT2D eigenvalue weighted by Crippen LogP contribution is -2.38. The van der Waals surface area contributed by atoms with Gasteiger partial charge in [0.25, 0.3) is 5.91 Å². The van der Waals surface area contributed by atoms with Crippen molar-refractivity contribution in [2.45, 2.75) is 43.6 Å². The molecule has 0 spiro atoms. The van der Waals surface area contributed by atoms with Crippen LogP contribution in [0.4, 0.5) is 4.79 Å². The molecule has 6 rings (SSSR count). The number of aromatic nitrogens is 1. The highest BCUT2D eigenvalue weighted by molar-refractivity contribution is 6.30. The summed E-state index contributed by atoms with van der Waals surface area (Å²) in [5, 5.41) is 4.68. The second kappa shape index (κ2) is 11.9. The summed E-state index contributed by atoms with van der Waals surface area (Å²) in [6.07, 6.45) is 5.54. The van der Waals surface area contributed by atoms with E-state index < -0.39 is 6.04 Å². The minimum atomic E-state index is -0.566. The van der Waals surface area contributed by atoms with Crippen LogP contribution in [0.1, 0.15) is 47.8 Å². The number of nitrogens with one attached hydrogen (secondary N) is 2. The van der Waals surface area contributed by atoms with E-state index >= 15 is 0 Å². The third-order valence-corrected chi connectivity index (χ3v) is 8.82. The Kier molecular flexibility index (Phi) is 7.89. The van der Waals surface area contributed by atoms with Gasteiger partial charge in [-0.2, -0.15) is 0 Å². The van der Waals surface area contributed by atoms with E-state index in [-0.39, 0.29) is 17.9 Å². The Labute approximate surface area is 240 Å². The van der Waals surface area contributed by atoms with E-state index in [4.69, 9.17) is 11.6 Å². The van der Waals surface area contributed by atoms with Gasteiger partial charge in [-0.3, -0.25) is 9.69 Å². The van der Waals surface area contributed by atoms with Gasteiger partial charge in [0.1, 0.15) is 6.04 Å². The van der Waals surface area contributed by atoms with Crippen LogP contribution >= 0.6 is 11.6 Å². The summed E-state index contributed by atoms with van der Waals surface area (Å²) >= 11 is 6.36. The van der Waals surface area contributed by atoms with Crippen LogP contribution in [-0.4, -0.2) is 58.9 Å². The second-order valence-corrected chi connectivity index (χ2v) is 11.5. The number of aromatic amines is 1. The molecule has 2 aliphatic rings. The maximum atomic E-state index is 13.5. The molecule has 2 atom stereocenters. The predicted molar refractivity (Wildman–Crippen MR) is 160 cm³/mol. The Balaban J connectivity index is 1.12. The van der Waals surface area contributed by atoms with Gasteiger partial charge in [0.15, 0.2) is 0 Å². The summed E-state index contributed by atoms with van der Waals surface area (Å²) in [5.74, 6) is 0.458. The number of hydrogen-bond acceptors (Lipinski definition) is 3. The molecular formula is C33H35ClN4O2. The Bertz CT molecular complexity index is 1480. The summed E-state index contributed by atoms with van der Waals surface area (Å²) in [4.78, 5) is 33.7. The smallest absolute Gasteiger partial charge is 0.324 e. The number of para-hydroxylation sites is 1. The lowest BCUT2D eigenvalue weighted by Gasteiger charge is -2.33. The van der Waals surface area contributed by atoms with E-state index in [9.17, 15) is 9.59 Å². The standard InChI is InChI=1S/C33H35ClN4O2/c34-28-10-6-9-25(19-28)26(15-18-37-16-13-24(14-17-37)23-7-2-1-3-8-23)22-38-32(39)31(36-33(38)40)20-27-21-35-30-12-5-4-11-29(27)30/h1-12,19,21,24,26,31,35H,13-18,20,22H2,(H,36,40)/t26?,31-/m0/s1. The highest BCUT2D eigenvalue weighted by Crippen LogP contribution is 2.30. The van der Waals surface area contributed by atoms with Gasteiger partial charge in [0.2, 0.25) is 0 Å². The molecule has 2 aliphatic heterocycles. The van der Waals surface area contributed by atoms with Crippen LogP contribution < -0.4 is 5.32 Å². The molecule has 6 nitrogen and oxygen atoms in total. The number of benzene rings is 3. The molecule has 3 heterocycles. The van der Waals surface area contributed by atoms with Gasteiger partial charge in [-0.15, -0.1) is 0 Å². The highest BCUT2D eigenvalue weighted by atomic mass is 35.5. The molecule has 206 valence electrons. The average molecular weight is 555 g/mol. The number of piperidine rings is 1. The molecule has 1 unspecified atom stereocenters. The Hall–Kier alpha value is -3.61. The highest BCUT2D eigenvalue weighted by Gasteiger charge is 2.39. The van der Waals surface area contributed by atoms with Gasteiger partial charge in [-0.05, 0) is 79.7 Å². The van der Waals surface area contributed by atoms with Crippen LogP contribution in [-0.2, 0) is 11.2 Å². The number of urea groups is 1. The molecule has 2 N–H and O–H groups in total. The number of rotatable bonds is 9. The van der Waals surface area contributed by atoms with E-state index in [0.29, 0.717) is 23.9 Å². The van der Waals surface area contributed by atoms with Gasteiger partial charge in [-0.1, -0.05) is 72.3 Å². The van der Waals surface area contributed by atoms with Crippen molar-refractivity contribution in [2.24, 2.45) is 0 Å². The molecule has 0 aliphatic carbocycles. The summed E-state index contributed by atoms with van der Waals surface area (Å²) in [6.45, 7) is 3.37. The number of imide groups is 1. The maximum Gasteiger partial charge on any atom is 0.324 e. The van der Waals surface area contributed by atoms with Crippen LogP contribution in [0.25, 0.3) is 10.9 Å². The summed E-state index contributed by atoms with van der Waals surface area (Å²) < 4.78 is 0. The number of halogens is 1. The first kappa shape index (κ1) is 26.6. The molecule has 7 heteroatoms. The van der Waals surface area contributed by atoms with Gasteiger partial charge in [0.05, 0.1) is 0 Å². The number of amides is 3. The van der Waals surface area contributed by atoms with Crippen molar-refractivity contribution in [3.05, 3.63) is 107 Å². The molecule has 1 aromatic heterocycles. The number of nitrogens with zero attached hydrogens (tertiary/aromatic N) is 2. The van der Waals surface area contributed by atoms with E-state index in [1.165, 1.54) is 10.5 Å². The third-order valence-electron chi connectivity index (χ3n) is 8.58. The number of likely N-dealkylation sites (tertiary alicyclic amines) is 1. The quantitative estimate of drug-likeness (QED) is 0.237. The first-order chi connectivity index (χ1) is 19.5. The van der Waals surface area contributed by atoms with Crippen molar-refractivity contribution in [3.63, 3.8) is 0 Å². The van der Waals surface area contributed by atoms with Crippen molar-refractivity contribution in [3.8, 4) is 0 Å². The van der Waals surface area contributed by atoms with Crippen molar-refractivity contribution < 1.29 is 9.59 Å². The molecule has 40 heavy (non-hydrogen) atoms. The predicted octanol–water partition coefficient (Wildman–Crippen LogP) is 6.34. The number of fused-ring (bicyclic) bond motifs is 1. The minimum Gasteiger partial charge on any atom is -0.361 e. The van der Waals surface area contributed by atoms with Gasteiger partial charge in [-0.25, -0.2) is 4.79 Å². The number of H-pyrrole nitrogens is 1. The van der Waals surface area contributed by atoms with E-state index in [2.05, 4.69) is 51.6 Å². The van der Waals surface area contributed by atoms with Crippen LogP contribution in [0.2, 0.25) is 5.02 Å². The number of carbonyl (C=O) groups is 2. The zero-order chi connectivity index (χ0) is 27.5. The van der Waals surface area contributed by atoms with Crippen molar-refractivity contribution >= 4 is 34.4 Å². The van der Waals surface area contributed by atoms with Gasteiger partial charge < -0.3 is 15.2 Å². The van der Waals surface area contributed by atoms with Gasteiger partial charge >= 0.3 is 6.03 Å². The van der Waals surface area contributed by atoms with Crippen LogP contribution in [0.3, 0.4) is 0 Å². The summed E-state index contributed by atoms with van der Waals surface area (Å²) in [7, 11) is 0. The van der Waals surface area contributed by atoms with Crippen LogP contribution in [0.5, 0.6) is 0 Å². The molecule has 3 aromatic carbocycles. The maximum absolute atomic E-state index is 13.5. The molecule has 0 saturated carbocycles. The Morgan fingerprint density at radius 3 is 2.50 bits per heavy atom. The lowest BCUT2D eigenvalue weighted by atomic mass is 9.89. The molecule has 0 bridgehead atoms. The topological polar surface area (TPSA) is 68.4 Å². The fourth-order valence-corrected chi connectivity index (χ4v) is 6.51. The van der Waals surface area contributed by atoms with E-state index in [1.807, 2.05) is 48.7 Å². The summed E-state index contributed by atoms with van der Waals surface area (Å²) in [5.41, 5.74) is 4.55. The minimum absolute atomic E-state index is 0.00656. The van der Waals surface area contributed by atoms with E-state index in [0.717, 1.165) is 60.9 Å². The van der Waals surface area contributed by atoms with Crippen LogP contribution in [0.15, 0.2) is 85.1 Å². The molecule has 3 amide bonds. The fourth-order valence-electron chi connectivity index (χ4n) is 6.31. The van der Waals surface area contributed by atoms with E-state index in [1.54, 1.807) is 0 Å². The molecule has 2 fully saturated rings. The van der Waals surface area contributed by atoms with Crippen molar-refractivity contribution in [2.75, 3.05) is 26.2 Å². The normalized spacial score (nSPS) is 19.3. The molecule has 4 aromatic rings. The number of hydrogen-bond donors (Lipinski definition) is 2. The molecule has 2 saturated heterocycles. The second-order valence-electron chi connectivity index (χ2n) is 11.1. The first-order valence-electron chi connectivity index (χ1n) is 14.2. The van der Waals surface area contributed by atoms with Crippen molar-refractivity contribution in [1.82, 2.24) is 20.1 Å². The zero-order valence-corrected chi connectivity index (χ0v) is 23.3. The Morgan fingerprint density at radius 1 is 0.925 bits per heavy atom. The average Bonchev–Trinajstić information content (AvgIpc) is 3.51. The van der Waals surface area contributed by atoms with Crippen LogP contribution in [0, 0.1) is 0 Å².